The zero-order valence-corrected chi connectivity index (χ0v) is 35.3. The van der Waals surface area contributed by atoms with E-state index in [1.807, 2.05) is 6.92 Å². The number of aromatic nitrogens is 2. The number of hydrogen-bond donors (Lipinski definition) is 3. The van der Waals surface area contributed by atoms with E-state index in [1.165, 1.54) is 21.0 Å². The number of halogens is 3. The second-order valence-electron chi connectivity index (χ2n) is 17.5. The summed E-state index contributed by atoms with van der Waals surface area (Å²) in [6.07, 6.45) is -3.24. The van der Waals surface area contributed by atoms with Crippen molar-refractivity contribution in [2.45, 2.75) is 126 Å². The van der Waals surface area contributed by atoms with Crippen molar-refractivity contribution < 1.29 is 55.3 Å². The summed E-state index contributed by atoms with van der Waals surface area (Å²) in [5, 5.41) is 18.1. The van der Waals surface area contributed by atoms with E-state index in [4.69, 9.17) is 9.47 Å². The Balaban J connectivity index is 1.44. The van der Waals surface area contributed by atoms with Gasteiger partial charge in [-0.3, -0.25) is 28.8 Å². The van der Waals surface area contributed by atoms with Crippen molar-refractivity contribution in [2.24, 2.45) is 17.8 Å². The van der Waals surface area contributed by atoms with E-state index in [-0.39, 0.29) is 54.5 Å². The number of hydrogen-bond acceptors (Lipinski definition) is 10. The molecule has 0 radical (unpaired) electrons. The zero-order valence-electron chi connectivity index (χ0n) is 34.5. The first-order valence-electron chi connectivity index (χ1n) is 20.1. The summed E-state index contributed by atoms with van der Waals surface area (Å²) < 4.78 is 84.3. The van der Waals surface area contributed by atoms with Crippen molar-refractivity contribution in [3.05, 3.63) is 46.8 Å². The summed E-state index contributed by atoms with van der Waals surface area (Å²) in [5.74, 6) is -4.87. The van der Waals surface area contributed by atoms with Crippen LogP contribution in [-0.2, 0) is 35.7 Å². The summed E-state index contributed by atoms with van der Waals surface area (Å²) in [7, 11) is -2.70. The van der Waals surface area contributed by atoms with Gasteiger partial charge in [0.15, 0.2) is 0 Å². The van der Waals surface area contributed by atoms with Crippen molar-refractivity contribution in [1.29, 1.82) is 0 Å². The van der Waals surface area contributed by atoms with Gasteiger partial charge in [0.1, 0.15) is 29.3 Å². The molecule has 7 atom stereocenters. The molecule has 0 bridgehead atoms. The Morgan fingerprint density at radius 2 is 1.77 bits per heavy atom. The molecule has 2 saturated carbocycles. The van der Waals surface area contributed by atoms with Crippen LogP contribution in [0.2, 0.25) is 0 Å². The molecule has 0 unspecified atom stereocenters. The fourth-order valence-corrected chi connectivity index (χ4v) is 9.67. The van der Waals surface area contributed by atoms with Crippen molar-refractivity contribution in [2.75, 3.05) is 20.3 Å². The van der Waals surface area contributed by atoms with Gasteiger partial charge in [0.2, 0.25) is 27.7 Å². The number of fused-ring (bicyclic) bond motifs is 3. The molecule has 3 heterocycles. The number of allylic oxidation sites excluding steroid dienone is 1. The highest BCUT2D eigenvalue weighted by Crippen LogP contribution is 2.48. The predicted octanol–water partition coefficient (Wildman–Crippen LogP) is 3.97. The highest BCUT2D eigenvalue weighted by molar-refractivity contribution is 7.91. The molecule has 16 nitrogen and oxygen atoms in total. The van der Waals surface area contributed by atoms with Crippen LogP contribution in [0.5, 0.6) is 5.88 Å². The molecule has 6 rings (SSSR count). The summed E-state index contributed by atoms with van der Waals surface area (Å²) in [4.78, 5) is 71.0. The van der Waals surface area contributed by atoms with E-state index in [0.29, 0.717) is 44.9 Å². The van der Waals surface area contributed by atoms with Crippen LogP contribution in [0.4, 0.5) is 18.0 Å². The molecular weight excluding hydrogens is 814 g/mol. The third kappa shape index (κ3) is 8.45. The third-order valence-corrected chi connectivity index (χ3v) is 14.8. The fraction of sp³-hybridized carbons (Fsp3) is 0.650. The van der Waals surface area contributed by atoms with Crippen LogP contribution in [0.3, 0.4) is 0 Å². The number of benzene rings is 1. The number of nitrogens with zero attached hydrogens (tertiary/aromatic N) is 4. The Morgan fingerprint density at radius 3 is 2.38 bits per heavy atom. The number of rotatable bonds is 10. The maximum atomic E-state index is 15.1. The summed E-state index contributed by atoms with van der Waals surface area (Å²) in [5.41, 5.74) is -5.26. The molecule has 2 aliphatic carbocycles. The maximum Gasteiger partial charge on any atom is 0.411 e. The minimum absolute atomic E-state index is 0.0224. The van der Waals surface area contributed by atoms with Crippen LogP contribution in [0.25, 0.3) is 10.8 Å². The molecule has 1 aromatic heterocycles. The number of methoxy groups -OCH3 is 1. The van der Waals surface area contributed by atoms with Crippen molar-refractivity contribution in [3.8, 4) is 5.88 Å². The highest BCUT2D eigenvalue weighted by Gasteiger charge is 2.64. The van der Waals surface area contributed by atoms with Gasteiger partial charge in [0.05, 0.1) is 35.2 Å². The van der Waals surface area contributed by atoms with Crippen LogP contribution in [-0.4, -0.2) is 117 Å². The lowest BCUT2D eigenvalue weighted by molar-refractivity contribution is -0.222. The van der Waals surface area contributed by atoms with E-state index >= 15 is 4.79 Å². The minimum Gasteiger partial charge on any atom is -0.471 e. The Labute approximate surface area is 345 Å². The number of carboxylic acid groups (broad SMARTS) is 1. The molecule has 330 valence electrons. The monoisotopic (exact) mass is 866 g/mol. The second kappa shape index (κ2) is 16.3. The predicted molar refractivity (Wildman–Crippen MR) is 211 cm³/mol. The molecule has 20 heteroatoms. The Kier molecular flexibility index (Phi) is 12.2. The molecule has 4 aliphatic rings. The van der Waals surface area contributed by atoms with Gasteiger partial charge in [-0.05, 0) is 83.3 Å². The van der Waals surface area contributed by atoms with Crippen LogP contribution in [0.15, 0.2) is 41.2 Å². The van der Waals surface area contributed by atoms with Gasteiger partial charge >= 0.3 is 12.3 Å². The Hall–Kier alpha value is -4.72. The zero-order chi connectivity index (χ0) is 44.2. The van der Waals surface area contributed by atoms with Crippen LogP contribution in [0, 0.1) is 17.8 Å². The molecular formula is C40H53F3N6O10S. The molecule has 4 amide bonds. The van der Waals surface area contributed by atoms with Gasteiger partial charge in [0, 0.05) is 19.4 Å². The Bertz CT molecular complexity index is 2230. The summed E-state index contributed by atoms with van der Waals surface area (Å²) in [6.45, 7) is 5.92. The van der Waals surface area contributed by atoms with Crippen molar-refractivity contribution in [1.82, 2.24) is 29.6 Å². The maximum absolute atomic E-state index is 15.1. The number of carbonyl (C=O) groups excluding carboxylic acids is 3. The Morgan fingerprint density at radius 1 is 1.10 bits per heavy atom. The number of carbonyl (C=O) groups is 4. The first-order chi connectivity index (χ1) is 28.0. The van der Waals surface area contributed by atoms with E-state index in [9.17, 15) is 45.9 Å². The summed E-state index contributed by atoms with van der Waals surface area (Å²) >= 11 is 0. The van der Waals surface area contributed by atoms with E-state index in [1.54, 1.807) is 36.4 Å². The number of alkyl halides is 3. The molecule has 0 spiro atoms. The third-order valence-electron chi connectivity index (χ3n) is 12.6. The molecule has 3 fully saturated rings. The molecule has 2 aliphatic heterocycles. The van der Waals surface area contributed by atoms with Gasteiger partial charge in [-0.1, -0.05) is 38.1 Å². The fourth-order valence-electron chi connectivity index (χ4n) is 8.36. The second-order valence-corrected chi connectivity index (χ2v) is 19.7. The molecule has 3 N–H and O–H groups in total. The first kappa shape index (κ1) is 44.8. The average molecular weight is 867 g/mol. The van der Waals surface area contributed by atoms with E-state index < -0.39 is 98.0 Å². The minimum atomic E-state index is -5.12. The SMILES string of the molecule is COCCn1nc(O[C@@H]2C[C@H]3C(=O)N[C@]4(C(=O)NS(=O)(=O)C5(C)CC5)C[C@H]4C=CCC[C@@H](C)C[C@@H](C)[C@H](N(C(=O)O)C(C)(C)C(F)(F)F)C(=O)N3C2)c2ccccc2c1=O. The molecule has 1 saturated heterocycles. The number of nitrogens with one attached hydrogen (secondary N) is 2. The molecule has 1 aromatic carbocycles. The normalized spacial score (nSPS) is 28.4. The smallest absolute Gasteiger partial charge is 0.411 e. The van der Waals surface area contributed by atoms with Crippen molar-refractivity contribution >= 4 is 44.6 Å². The lowest BCUT2D eigenvalue weighted by Gasteiger charge is -2.45. The van der Waals surface area contributed by atoms with Gasteiger partial charge < -0.3 is 24.8 Å². The van der Waals surface area contributed by atoms with Gasteiger partial charge in [-0.2, -0.15) is 13.2 Å². The van der Waals surface area contributed by atoms with Crippen LogP contribution < -0.4 is 20.3 Å². The first-order valence-corrected chi connectivity index (χ1v) is 21.6. The number of ether oxygens (including phenoxy) is 2. The average Bonchev–Trinajstić information content (AvgIpc) is 4.05. The van der Waals surface area contributed by atoms with Crippen LogP contribution >= 0.6 is 0 Å². The van der Waals surface area contributed by atoms with Crippen LogP contribution in [0.1, 0.15) is 79.6 Å². The number of sulfonamides is 1. The van der Waals surface area contributed by atoms with E-state index in [0.717, 1.165) is 9.58 Å². The van der Waals surface area contributed by atoms with Gasteiger partial charge in [-0.25, -0.2) is 17.9 Å². The molecule has 2 aromatic rings. The summed E-state index contributed by atoms with van der Waals surface area (Å²) in [6, 6.07) is 2.97. The lowest BCUT2D eigenvalue weighted by Crippen LogP contribution is -2.66. The lowest BCUT2D eigenvalue weighted by atomic mass is 9.85. The van der Waals surface area contributed by atoms with Gasteiger partial charge in [0.25, 0.3) is 11.5 Å². The molecule has 60 heavy (non-hydrogen) atoms. The number of amides is 4. The quantitative estimate of drug-likeness (QED) is 0.292. The highest BCUT2D eigenvalue weighted by atomic mass is 32.2. The van der Waals surface area contributed by atoms with Gasteiger partial charge in [-0.15, -0.1) is 5.10 Å². The largest absolute Gasteiger partial charge is 0.471 e. The standard InChI is InChI=1S/C40H53F3N6O10S/c1-23-11-7-8-12-25-21-39(25,35(53)46-60(56,57)38(5)15-16-38)44-31(50)29-20-26(59-32-27-13-9-10-14-28(27)33(51)48(45-32)17-18-58-6)22-47(29)34(52)30(24(2)19-23)49(36(54)55)37(3,4)40(41,42)43/h8-10,12-14,23-26,29-30H,7,11,15-22H2,1-6H3,(H,44,50)(H,46,53)(H,54,55)/t23-,24-,25-,26-,29+,30+,39-/m1/s1. The van der Waals surface area contributed by atoms with E-state index in [2.05, 4.69) is 15.1 Å². The topological polar surface area (TPSA) is 207 Å². The van der Waals surface area contributed by atoms with Crippen molar-refractivity contribution in [3.63, 3.8) is 0 Å².